The van der Waals surface area contributed by atoms with Gasteiger partial charge in [-0.1, -0.05) is 34.7 Å². The van der Waals surface area contributed by atoms with Crippen molar-refractivity contribution >= 4 is 57.3 Å². The molecule has 2 N–H and O–H groups in total. The molecule has 0 aliphatic heterocycles. The van der Waals surface area contributed by atoms with Crippen LogP contribution in [0, 0.1) is 23.2 Å². The first kappa shape index (κ1) is 23.9. The van der Waals surface area contributed by atoms with Crippen LogP contribution in [0.1, 0.15) is 44.1 Å². The predicted molar refractivity (Wildman–Crippen MR) is 125 cm³/mol. The van der Waals surface area contributed by atoms with Crippen LogP contribution < -0.4 is 10.6 Å². The van der Waals surface area contributed by atoms with Gasteiger partial charge in [0.1, 0.15) is 0 Å². The second-order valence-corrected chi connectivity index (χ2v) is 12.2. The first-order valence-corrected chi connectivity index (χ1v) is 13.2. The summed E-state index contributed by atoms with van der Waals surface area (Å²) < 4.78 is 39.2. The summed E-state index contributed by atoms with van der Waals surface area (Å²) in [6.45, 7) is 0. The summed E-state index contributed by atoms with van der Waals surface area (Å²) in [5, 5.41) is 13.8. The van der Waals surface area contributed by atoms with Crippen LogP contribution in [0.2, 0.25) is 5.02 Å². The Balaban J connectivity index is 1.16. The number of alkyl halides is 3. The third kappa shape index (κ3) is 4.92. The minimum Gasteiger partial charge on any atom is -0.324 e. The van der Waals surface area contributed by atoms with Gasteiger partial charge < -0.3 is 10.6 Å². The first-order chi connectivity index (χ1) is 16.1. The number of halogens is 4. The number of hydrogen-bond donors (Lipinski definition) is 2. The number of carbonyl (C=O) groups is 2. The normalized spacial score (nSPS) is 27.6. The van der Waals surface area contributed by atoms with E-state index < -0.39 is 17.6 Å². The molecule has 12 heteroatoms. The molecule has 2 amide bonds. The molecule has 0 saturated heterocycles. The van der Waals surface area contributed by atoms with Crippen LogP contribution >= 0.6 is 34.7 Å². The fourth-order valence-corrected chi connectivity index (χ4v) is 7.76. The molecule has 0 unspecified atom stereocenters. The molecule has 4 saturated carbocycles. The Hall–Kier alpha value is -1.85. The fourth-order valence-electron chi connectivity index (χ4n) is 6.05. The number of thioether (sulfide) groups is 1. The van der Waals surface area contributed by atoms with E-state index >= 15 is 0 Å². The number of anilines is 2. The number of rotatable bonds is 6. The number of amides is 2. The molecule has 4 aliphatic rings. The molecule has 4 bridgehead atoms. The molecule has 1 heterocycles. The summed E-state index contributed by atoms with van der Waals surface area (Å²) in [4.78, 5) is 25.4. The van der Waals surface area contributed by atoms with E-state index in [1.807, 2.05) is 0 Å². The van der Waals surface area contributed by atoms with E-state index in [1.54, 1.807) is 0 Å². The lowest BCUT2D eigenvalue weighted by Crippen LogP contribution is -2.51. The summed E-state index contributed by atoms with van der Waals surface area (Å²) in [7, 11) is 0. The van der Waals surface area contributed by atoms with Gasteiger partial charge in [-0.2, -0.15) is 13.2 Å². The molecule has 2 aromatic rings. The third-order valence-electron chi connectivity index (χ3n) is 7.04. The van der Waals surface area contributed by atoms with Gasteiger partial charge in [-0.3, -0.25) is 9.59 Å². The maximum atomic E-state index is 13.1. The van der Waals surface area contributed by atoms with Crippen molar-refractivity contribution in [3.63, 3.8) is 0 Å². The minimum atomic E-state index is -4.54. The fraction of sp³-hybridized carbons (Fsp3) is 0.545. The summed E-state index contributed by atoms with van der Waals surface area (Å²) in [6, 6.07) is 2.75. The Morgan fingerprint density at radius 1 is 1.09 bits per heavy atom. The van der Waals surface area contributed by atoms with Gasteiger partial charge in [0, 0.05) is 0 Å². The number of nitrogens with one attached hydrogen (secondary N) is 2. The largest absolute Gasteiger partial charge is 0.416 e. The van der Waals surface area contributed by atoms with Crippen molar-refractivity contribution < 1.29 is 22.8 Å². The van der Waals surface area contributed by atoms with E-state index in [2.05, 4.69) is 20.8 Å². The number of aromatic nitrogens is 2. The molecule has 34 heavy (non-hydrogen) atoms. The van der Waals surface area contributed by atoms with Crippen LogP contribution in [0.3, 0.4) is 0 Å². The van der Waals surface area contributed by atoms with Gasteiger partial charge in [0.2, 0.25) is 16.9 Å². The Morgan fingerprint density at radius 3 is 2.35 bits per heavy atom. The molecule has 182 valence electrons. The molecule has 1 aromatic carbocycles. The van der Waals surface area contributed by atoms with Gasteiger partial charge in [0.05, 0.1) is 27.4 Å². The Kier molecular flexibility index (Phi) is 6.31. The van der Waals surface area contributed by atoms with Gasteiger partial charge in [-0.25, -0.2) is 0 Å². The highest BCUT2D eigenvalue weighted by molar-refractivity contribution is 8.01. The molecule has 0 radical (unpaired) electrons. The number of hydrogen-bond acceptors (Lipinski definition) is 6. The summed E-state index contributed by atoms with van der Waals surface area (Å²) in [5.41, 5.74) is -1.30. The maximum absolute atomic E-state index is 13.1. The van der Waals surface area contributed by atoms with E-state index in [0.717, 1.165) is 49.2 Å². The van der Waals surface area contributed by atoms with Crippen molar-refractivity contribution in [2.45, 2.75) is 49.0 Å². The van der Waals surface area contributed by atoms with Crippen molar-refractivity contribution in [1.82, 2.24) is 10.2 Å². The SMILES string of the molecule is O=C(CSc1nnc(NC(=O)C23CC4CC(CC(C4)C2)C3)s1)Nc1cc(C(F)(F)F)ccc1Cl. The zero-order chi connectivity index (χ0) is 24.1. The highest BCUT2D eigenvalue weighted by Crippen LogP contribution is 2.60. The molecular weight excluding hydrogens is 509 g/mol. The lowest BCUT2D eigenvalue weighted by atomic mass is 9.49. The average Bonchev–Trinajstić information content (AvgIpc) is 3.19. The van der Waals surface area contributed by atoms with Gasteiger partial charge >= 0.3 is 6.18 Å². The van der Waals surface area contributed by atoms with Gasteiger partial charge in [-0.15, -0.1) is 10.2 Å². The highest BCUT2D eigenvalue weighted by Gasteiger charge is 2.54. The van der Waals surface area contributed by atoms with Gasteiger partial charge in [-0.05, 0) is 74.5 Å². The minimum absolute atomic E-state index is 0.0111. The second kappa shape index (κ2) is 8.98. The number of benzene rings is 1. The standard InChI is InChI=1S/C22H22ClF3N4O2S2/c23-15-2-1-14(22(24,25)26)6-16(15)27-17(31)10-33-20-30-29-19(34-20)28-18(32)21-7-11-3-12(8-21)5-13(4-11)9-21/h1-2,6,11-13H,3-5,7-10H2,(H,27,31)(H,28,29,32). The lowest BCUT2D eigenvalue weighted by Gasteiger charge is -2.55. The molecular formula is C22H22ClF3N4O2S2. The quantitative estimate of drug-likeness (QED) is 0.348. The van der Waals surface area contributed by atoms with Crippen molar-refractivity contribution in [1.29, 1.82) is 0 Å². The zero-order valence-electron chi connectivity index (χ0n) is 18.0. The predicted octanol–water partition coefficient (Wildman–Crippen LogP) is 6.10. The third-order valence-corrected chi connectivity index (χ3v) is 9.34. The first-order valence-electron chi connectivity index (χ1n) is 11.0. The molecule has 0 spiro atoms. The molecule has 1 aromatic heterocycles. The van der Waals surface area contributed by atoms with Crippen molar-refractivity contribution in [3.8, 4) is 0 Å². The van der Waals surface area contributed by atoms with E-state index in [1.165, 1.54) is 30.6 Å². The lowest BCUT2D eigenvalue weighted by molar-refractivity contribution is -0.140. The van der Waals surface area contributed by atoms with Crippen LogP contribution in [-0.4, -0.2) is 27.8 Å². The zero-order valence-corrected chi connectivity index (χ0v) is 20.3. The van der Waals surface area contributed by atoms with E-state index in [4.69, 9.17) is 11.6 Å². The van der Waals surface area contributed by atoms with Gasteiger partial charge in [0.25, 0.3) is 0 Å². The molecule has 4 aliphatic carbocycles. The molecule has 0 atom stereocenters. The summed E-state index contributed by atoms with van der Waals surface area (Å²) in [5.74, 6) is 1.37. The van der Waals surface area contributed by atoms with Crippen LogP contribution in [0.4, 0.5) is 24.0 Å². The Morgan fingerprint density at radius 2 is 1.74 bits per heavy atom. The van der Waals surface area contributed by atoms with Crippen LogP contribution in [0.25, 0.3) is 0 Å². The smallest absolute Gasteiger partial charge is 0.324 e. The topological polar surface area (TPSA) is 84.0 Å². The molecule has 6 rings (SSSR count). The monoisotopic (exact) mass is 530 g/mol. The van der Waals surface area contributed by atoms with E-state index in [9.17, 15) is 22.8 Å². The highest BCUT2D eigenvalue weighted by atomic mass is 35.5. The van der Waals surface area contributed by atoms with Crippen molar-refractivity contribution in [2.75, 3.05) is 16.4 Å². The van der Waals surface area contributed by atoms with E-state index in [-0.39, 0.29) is 27.8 Å². The maximum Gasteiger partial charge on any atom is 0.416 e. The van der Waals surface area contributed by atoms with Gasteiger partial charge in [0.15, 0.2) is 4.34 Å². The Bertz CT molecular complexity index is 1090. The van der Waals surface area contributed by atoms with Crippen molar-refractivity contribution in [2.24, 2.45) is 23.2 Å². The van der Waals surface area contributed by atoms with Crippen LogP contribution in [0.15, 0.2) is 22.5 Å². The van der Waals surface area contributed by atoms with Crippen LogP contribution in [-0.2, 0) is 15.8 Å². The second-order valence-electron chi connectivity index (χ2n) is 9.55. The number of nitrogens with zero attached hydrogens (tertiary/aromatic N) is 2. The summed E-state index contributed by atoms with van der Waals surface area (Å²) in [6.07, 6.45) is 2.05. The van der Waals surface area contributed by atoms with E-state index in [0.29, 0.717) is 27.2 Å². The van der Waals surface area contributed by atoms with Crippen molar-refractivity contribution in [3.05, 3.63) is 28.8 Å². The molecule has 6 nitrogen and oxygen atoms in total. The average molecular weight is 531 g/mol. The molecule has 4 fully saturated rings. The summed E-state index contributed by atoms with van der Waals surface area (Å²) >= 11 is 8.19. The Labute approximate surface area is 207 Å². The van der Waals surface area contributed by atoms with Crippen LogP contribution in [0.5, 0.6) is 0 Å². The number of carbonyl (C=O) groups excluding carboxylic acids is 2.